The van der Waals surface area contributed by atoms with Gasteiger partial charge in [0.25, 0.3) is 0 Å². The molecule has 88 valence electrons. The van der Waals surface area contributed by atoms with Crippen molar-refractivity contribution in [3.63, 3.8) is 0 Å². The average molecular weight is 230 g/mol. The number of carbonyl (C=O) groups excluding carboxylic acids is 1. The molecule has 0 spiro atoms. The Bertz CT molecular complexity index is 546. The molecule has 0 bridgehead atoms. The zero-order valence-electron chi connectivity index (χ0n) is 9.64. The molecule has 17 heavy (non-hydrogen) atoms. The number of methoxy groups -OCH3 is 1. The van der Waals surface area contributed by atoms with E-state index in [1.54, 1.807) is 6.07 Å². The molecule has 0 aromatic heterocycles. The quantitative estimate of drug-likeness (QED) is 0.822. The van der Waals surface area contributed by atoms with Crippen molar-refractivity contribution in [2.75, 3.05) is 13.7 Å². The topological polar surface area (TPSA) is 46.5 Å². The first kappa shape index (κ1) is 11.6. The Morgan fingerprint density at radius 2 is 1.88 bits per heavy atom. The van der Waals surface area contributed by atoms with E-state index >= 15 is 0 Å². The first-order valence-corrected chi connectivity index (χ1v) is 5.46. The molecule has 0 atom stereocenters. The molecule has 0 radical (unpaired) electrons. The van der Waals surface area contributed by atoms with Gasteiger partial charge in [-0.15, -0.1) is 0 Å². The maximum Gasteiger partial charge on any atom is 0.337 e. The van der Waals surface area contributed by atoms with Crippen molar-refractivity contribution < 1.29 is 14.6 Å². The van der Waals surface area contributed by atoms with E-state index in [4.69, 9.17) is 5.11 Å². The molecular weight excluding hydrogens is 216 g/mol. The van der Waals surface area contributed by atoms with Crippen LogP contribution >= 0.6 is 0 Å². The minimum Gasteiger partial charge on any atom is -0.465 e. The monoisotopic (exact) mass is 230 g/mol. The summed E-state index contributed by atoms with van der Waals surface area (Å²) >= 11 is 0. The van der Waals surface area contributed by atoms with Gasteiger partial charge >= 0.3 is 5.97 Å². The van der Waals surface area contributed by atoms with Crippen LogP contribution in [-0.2, 0) is 11.2 Å². The number of ether oxygens (including phenoxy) is 1. The molecule has 3 nitrogen and oxygen atoms in total. The Morgan fingerprint density at radius 1 is 1.18 bits per heavy atom. The fourth-order valence-corrected chi connectivity index (χ4v) is 1.82. The van der Waals surface area contributed by atoms with Crippen molar-refractivity contribution in [3.05, 3.63) is 47.5 Å². The summed E-state index contributed by atoms with van der Waals surface area (Å²) in [5, 5.41) is 10.9. The predicted octanol–water partition coefficient (Wildman–Crippen LogP) is 2.16. The van der Waals surface area contributed by atoms with E-state index in [0.717, 1.165) is 16.3 Å². The van der Waals surface area contributed by atoms with Crippen LogP contribution in [0.15, 0.2) is 36.4 Å². The third-order valence-electron chi connectivity index (χ3n) is 2.73. The second kappa shape index (κ2) is 4.97. The van der Waals surface area contributed by atoms with E-state index in [1.165, 1.54) is 7.11 Å². The first-order chi connectivity index (χ1) is 8.24. The zero-order chi connectivity index (χ0) is 12.3. The van der Waals surface area contributed by atoms with E-state index in [2.05, 4.69) is 4.74 Å². The van der Waals surface area contributed by atoms with Gasteiger partial charge in [-0.25, -0.2) is 4.79 Å². The second-order valence-electron chi connectivity index (χ2n) is 3.86. The molecule has 1 N–H and O–H groups in total. The molecule has 3 heteroatoms. The Labute approximate surface area is 99.6 Å². The standard InChI is InChI=1S/C14H14O3/c1-17-14(16)13-5-4-11-8-10(6-7-15)2-3-12(11)9-13/h2-5,8-9,15H,6-7H2,1H3. The summed E-state index contributed by atoms with van der Waals surface area (Å²) in [4.78, 5) is 11.4. The lowest BCUT2D eigenvalue weighted by molar-refractivity contribution is 0.0601. The number of aliphatic hydroxyl groups excluding tert-OH is 1. The average Bonchev–Trinajstić information content (AvgIpc) is 2.37. The van der Waals surface area contributed by atoms with Crippen LogP contribution in [0.5, 0.6) is 0 Å². The summed E-state index contributed by atoms with van der Waals surface area (Å²) in [6, 6.07) is 11.4. The lowest BCUT2D eigenvalue weighted by Gasteiger charge is -2.04. The van der Waals surface area contributed by atoms with Gasteiger partial charge < -0.3 is 9.84 Å². The van der Waals surface area contributed by atoms with Gasteiger partial charge in [-0.1, -0.05) is 24.3 Å². The highest BCUT2D eigenvalue weighted by molar-refractivity contribution is 5.95. The molecule has 0 fully saturated rings. The fourth-order valence-electron chi connectivity index (χ4n) is 1.82. The number of aliphatic hydroxyl groups is 1. The molecule has 0 aliphatic heterocycles. The third kappa shape index (κ3) is 2.45. The number of benzene rings is 2. The number of hydrogen-bond acceptors (Lipinski definition) is 3. The highest BCUT2D eigenvalue weighted by Crippen LogP contribution is 2.18. The molecule has 0 aliphatic rings. The molecular formula is C14H14O3. The van der Waals surface area contributed by atoms with Gasteiger partial charge in [0, 0.05) is 6.61 Å². The second-order valence-corrected chi connectivity index (χ2v) is 3.86. The van der Waals surface area contributed by atoms with Crippen LogP contribution < -0.4 is 0 Å². The van der Waals surface area contributed by atoms with E-state index < -0.39 is 0 Å². The lowest BCUT2D eigenvalue weighted by Crippen LogP contribution is -2.00. The van der Waals surface area contributed by atoms with E-state index in [9.17, 15) is 4.79 Å². The Balaban J connectivity index is 2.43. The molecule has 0 amide bonds. The summed E-state index contributed by atoms with van der Waals surface area (Å²) in [7, 11) is 1.37. The van der Waals surface area contributed by atoms with Gasteiger partial charge in [-0.2, -0.15) is 0 Å². The molecule has 0 aliphatic carbocycles. The number of fused-ring (bicyclic) bond motifs is 1. The van der Waals surface area contributed by atoms with Crippen molar-refractivity contribution >= 4 is 16.7 Å². The van der Waals surface area contributed by atoms with Crippen LogP contribution in [0.2, 0.25) is 0 Å². The minimum absolute atomic E-state index is 0.145. The van der Waals surface area contributed by atoms with Crippen LogP contribution in [-0.4, -0.2) is 24.8 Å². The number of hydrogen-bond donors (Lipinski definition) is 1. The van der Waals surface area contributed by atoms with Crippen LogP contribution in [0.25, 0.3) is 10.8 Å². The maximum atomic E-state index is 11.4. The fraction of sp³-hybridized carbons (Fsp3) is 0.214. The third-order valence-corrected chi connectivity index (χ3v) is 2.73. The maximum absolute atomic E-state index is 11.4. The smallest absolute Gasteiger partial charge is 0.337 e. The Kier molecular flexibility index (Phi) is 3.40. The van der Waals surface area contributed by atoms with Gasteiger partial charge in [0.1, 0.15) is 0 Å². The molecule has 0 heterocycles. The van der Waals surface area contributed by atoms with Gasteiger partial charge in [0.05, 0.1) is 12.7 Å². The largest absolute Gasteiger partial charge is 0.465 e. The van der Waals surface area contributed by atoms with Gasteiger partial charge in [0.2, 0.25) is 0 Å². The van der Waals surface area contributed by atoms with E-state index in [-0.39, 0.29) is 12.6 Å². The van der Waals surface area contributed by atoms with Gasteiger partial charge in [-0.05, 0) is 34.9 Å². The van der Waals surface area contributed by atoms with E-state index in [0.29, 0.717) is 12.0 Å². The molecule has 0 saturated heterocycles. The molecule has 2 rings (SSSR count). The first-order valence-electron chi connectivity index (χ1n) is 5.46. The Hall–Kier alpha value is -1.87. The zero-order valence-corrected chi connectivity index (χ0v) is 9.64. The molecule has 2 aromatic rings. The summed E-state index contributed by atoms with van der Waals surface area (Å²) in [5.41, 5.74) is 1.64. The Morgan fingerprint density at radius 3 is 2.59 bits per heavy atom. The molecule has 0 saturated carbocycles. The van der Waals surface area contributed by atoms with Crippen LogP contribution in [0, 0.1) is 0 Å². The van der Waals surface area contributed by atoms with Gasteiger partial charge in [0.15, 0.2) is 0 Å². The normalized spacial score (nSPS) is 10.5. The van der Waals surface area contributed by atoms with Gasteiger partial charge in [-0.3, -0.25) is 0 Å². The van der Waals surface area contributed by atoms with E-state index in [1.807, 2.05) is 30.3 Å². The predicted molar refractivity (Wildman–Crippen MR) is 66.1 cm³/mol. The summed E-state index contributed by atoms with van der Waals surface area (Å²) < 4.78 is 4.68. The summed E-state index contributed by atoms with van der Waals surface area (Å²) in [6.45, 7) is 0.145. The highest BCUT2D eigenvalue weighted by Gasteiger charge is 2.05. The van der Waals surface area contributed by atoms with Crippen LogP contribution in [0.4, 0.5) is 0 Å². The number of rotatable bonds is 3. The SMILES string of the molecule is COC(=O)c1ccc2cc(CCO)ccc2c1. The van der Waals surface area contributed by atoms with Crippen molar-refractivity contribution in [1.29, 1.82) is 0 Å². The summed E-state index contributed by atoms with van der Waals surface area (Å²) in [6.07, 6.45) is 0.648. The molecule has 0 unspecified atom stereocenters. The van der Waals surface area contributed by atoms with Crippen molar-refractivity contribution in [2.45, 2.75) is 6.42 Å². The van der Waals surface area contributed by atoms with Crippen LogP contribution in [0.3, 0.4) is 0 Å². The number of carbonyl (C=O) groups is 1. The highest BCUT2D eigenvalue weighted by atomic mass is 16.5. The molecule has 2 aromatic carbocycles. The van der Waals surface area contributed by atoms with Crippen molar-refractivity contribution in [1.82, 2.24) is 0 Å². The lowest BCUT2D eigenvalue weighted by atomic mass is 10.0. The van der Waals surface area contributed by atoms with Crippen molar-refractivity contribution in [3.8, 4) is 0 Å². The summed E-state index contributed by atoms with van der Waals surface area (Å²) in [5.74, 6) is -0.327. The number of esters is 1. The van der Waals surface area contributed by atoms with Crippen molar-refractivity contribution in [2.24, 2.45) is 0 Å². The minimum atomic E-state index is -0.327. The van der Waals surface area contributed by atoms with Crippen LogP contribution in [0.1, 0.15) is 15.9 Å².